The van der Waals surface area contributed by atoms with Gasteiger partial charge in [-0.3, -0.25) is 14.5 Å². The molecule has 8 nitrogen and oxygen atoms in total. The summed E-state index contributed by atoms with van der Waals surface area (Å²) in [4.78, 5) is 30.6. The van der Waals surface area contributed by atoms with E-state index in [0.717, 1.165) is 56.8 Å². The second-order valence-corrected chi connectivity index (χ2v) is 10.1. The summed E-state index contributed by atoms with van der Waals surface area (Å²) in [6.07, 6.45) is 3.86. The van der Waals surface area contributed by atoms with Gasteiger partial charge < -0.3 is 19.7 Å². The lowest BCUT2D eigenvalue weighted by Crippen LogP contribution is -2.65. The number of carboxylic acid groups (broad SMARTS) is 1. The Morgan fingerprint density at radius 2 is 1.94 bits per heavy atom. The molecule has 0 unspecified atom stereocenters. The van der Waals surface area contributed by atoms with Crippen LogP contribution in [0.3, 0.4) is 0 Å². The van der Waals surface area contributed by atoms with E-state index in [1.807, 2.05) is 0 Å². The van der Waals surface area contributed by atoms with Crippen molar-refractivity contribution < 1.29 is 19.8 Å². The second-order valence-electron chi connectivity index (χ2n) is 10.1. The zero-order valence-electron chi connectivity index (χ0n) is 19.6. The molecule has 0 radical (unpaired) electrons. The number of benzene rings is 1. The monoisotopic (exact) mass is 456 g/mol. The van der Waals surface area contributed by atoms with E-state index in [1.54, 1.807) is 0 Å². The van der Waals surface area contributed by atoms with Crippen molar-refractivity contribution in [2.45, 2.75) is 64.7 Å². The van der Waals surface area contributed by atoms with Gasteiger partial charge in [0.25, 0.3) is 6.47 Å². The summed E-state index contributed by atoms with van der Waals surface area (Å²) in [7, 11) is 0. The number of amides is 1. The van der Waals surface area contributed by atoms with E-state index in [-0.39, 0.29) is 25.0 Å². The van der Waals surface area contributed by atoms with Gasteiger partial charge in [0.05, 0.1) is 30.2 Å². The van der Waals surface area contributed by atoms with E-state index < -0.39 is 0 Å². The number of likely N-dealkylation sites (tertiary alicyclic amines) is 1. The summed E-state index contributed by atoms with van der Waals surface area (Å²) >= 11 is 0. The quantitative estimate of drug-likeness (QED) is 0.671. The minimum atomic E-state index is -0.250. The number of carbonyl (C=O) groups excluding carboxylic acids is 1. The van der Waals surface area contributed by atoms with Crippen LogP contribution < -0.4 is 0 Å². The number of para-hydroxylation sites is 2. The van der Waals surface area contributed by atoms with Gasteiger partial charge in [-0.25, -0.2) is 4.98 Å². The largest absolute Gasteiger partial charge is 0.483 e. The molecule has 1 aromatic heterocycles. The second kappa shape index (κ2) is 10.2. The van der Waals surface area contributed by atoms with Crippen molar-refractivity contribution in [2.24, 2.45) is 17.8 Å². The smallest absolute Gasteiger partial charge is 0.290 e. The first-order chi connectivity index (χ1) is 16.0. The molecule has 2 N–H and O–H groups in total. The standard InChI is InChI=1S/C24H34N4O2.CH2O2/c1-16(2)11-27-21-7-4-3-6-19(21)25-23(27)14-26-12-17-10-18(13-26)22(15-29)28-20(17)8-5-9-24(28)30;2-1-3/h3-4,6-7,16-18,20,22,29H,5,8-15H2,1-2H3;1H,(H,2,3)/t17-,18+,20+,22+;/m1./s1. The maximum atomic E-state index is 12.6. The van der Waals surface area contributed by atoms with Crippen molar-refractivity contribution in [2.75, 3.05) is 19.7 Å². The molecule has 0 spiro atoms. The zero-order valence-corrected chi connectivity index (χ0v) is 19.6. The van der Waals surface area contributed by atoms with Crippen LogP contribution in [0, 0.1) is 17.8 Å². The molecular weight excluding hydrogens is 420 g/mol. The highest BCUT2D eigenvalue weighted by atomic mass is 16.3. The fraction of sp³-hybridized carbons (Fsp3) is 0.640. The number of aliphatic hydroxyl groups is 1. The number of aliphatic hydroxyl groups excluding tert-OH is 1. The van der Waals surface area contributed by atoms with Crippen molar-refractivity contribution in [1.29, 1.82) is 0 Å². The van der Waals surface area contributed by atoms with Gasteiger partial charge >= 0.3 is 0 Å². The summed E-state index contributed by atoms with van der Waals surface area (Å²) in [6, 6.07) is 8.72. The molecule has 8 heteroatoms. The van der Waals surface area contributed by atoms with Gasteiger partial charge in [-0.1, -0.05) is 26.0 Å². The number of carbonyl (C=O) groups is 2. The van der Waals surface area contributed by atoms with E-state index in [1.165, 1.54) is 5.52 Å². The third-order valence-electron chi connectivity index (χ3n) is 7.41. The lowest BCUT2D eigenvalue weighted by molar-refractivity contribution is -0.155. The van der Waals surface area contributed by atoms with Gasteiger partial charge in [-0.15, -0.1) is 0 Å². The minimum Gasteiger partial charge on any atom is -0.483 e. The molecule has 2 bridgehead atoms. The van der Waals surface area contributed by atoms with Crippen LogP contribution in [-0.2, 0) is 22.7 Å². The van der Waals surface area contributed by atoms with Crippen LogP contribution in [0.15, 0.2) is 24.3 Å². The molecule has 3 fully saturated rings. The number of hydrogen-bond acceptors (Lipinski definition) is 5. The normalized spacial score (nSPS) is 27.3. The van der Waals surface area contributed by atoms with Gasteiger partial charge in [0.1, 0.15) is 5.82 Å². The first kappa shape index (κ1) is 23.7. The summed E-state index contributed by atoms with van der Waals surface area (Å²) in [5.74, 6) is 2.82. The molecule has 1 amide bonds. The topological polar surface area (TPSA) is 98.9 Å². The Balaban J connectivity index is 0.000000821. The molecule has 0 aliphatic carbocycles. The molecule has 4 atom stereocenters. The van der Waals surface area contributed by atoms with Crippen molar-refractivity contribution in [3.8, 4) is 0 Å². The van der Waals surface area contributed by atoms with Crippen molar-refractivity contribution in [1.82, 2.24) is 19.4 Å². The lowest BCUT2D eigenvalue weighted by atomic mass is 9.72. The van der Waals surface area contributed by atoms with Crippen molar-refractivity contribution in [3.05, 3.63) is 30.1 Å². The number of fused-ring (bicyclic) bond motifs is 5. The van der Waals surface area contributed by atoms with E-state index in [2.05, 4.69) is 52.5 Å². The molecular formula is C25H36N4O4. The first-order valence-electron chi connectivity index (χ1n) is 12.1. The van der Waals surface area contributed by atoms with Crippen LogP contribution >= 0.6 is 0 Å². The highest BCUT2D eigenvalue weighted by Gasteiger charge is 2.49. The summed E-state index contributed by atoms with van der Waals surface area (Å²) < 4.78 is 2.39. The molecule has 3 aliphatic rings. The van der Waals surface area contributed by atoms with Crippen LogP contribution in [0.1, 0.15) is 45.4 Å². The summed E-state index contributed by atoms with van der Waals surface area (Å²) in [5.41, 5.74) is 2.29. The SMILES string of the molecule is CC(C)Cn1c(CN2C[C@H]3C[C@@H](C2)[C@H](CO)N2C(=O)CCC[C@@H]32)nc2ccccc21.O=CO. The highest BCUT2D eigenvalue weighted by Crippen LogP contribution is 2.41. The molecule has 33 heavy (non-hydrogen) atoms. The number of piperidine rings is 3. The van der Waals surface area contributed by atoms with Crippen LogP contribution in [0.2, 0.25) is 0 Å². The Morgan fingerprint density at radius 1 is 1.21 bits per heavy atom. The highest BCUT2D eigenvalue weighted by molar-refractivity contribution is 5.78. The number of hydrogen-bond donors (Lipinski definition) is 2. The number of nitrogens with zero attached hydrogens (tertiary/aromatic N) is 4. The molecule has 1 aromatic carbocycles. The Morgan fingerprint density at radius 3 is 2.67 bits per heavy atom. The van der Waals surface area contributed by atoms with Crippen molar-refractivity contribution >= 4 is 23.4 Å². The maximum absolute atomic E-state index is 12.6. The number of imidazole rings is 1. The molecule has 5 rings (SSSR count). The van der Waals surface area contributed by atoms with E-state index in [4.69, 9.17) is 14.9 Å². The molecule has 3 saturated heterocycles. The Hall–Kier alpha value is -2.45. The molecule has 0 saturated carbocycles. The van der Waals surface area contributed by atoms with Crippen molar-refractivity contribution in [3.63, 3.8) is 0 Å². The average Bonchev–Trinajstić information content (AvgIpc) is 3.11. The first-order valence-corrected chi connectivity index (χ1v) is 12.1. The zero-order chi connectivity index (χ0) is 23.5. The van der Waals surface area contributed by atoms with E-state index in [0.29, 0.717) is 30.2 Å². The van der Waals surface area contributed by atoms with Gasteiger partial charge in [-0.2, -0.15) is 0 Å². The van der Waals surface area contributed by atoms with Gasteiger partial charge in [0.2, 0.25) is 5.91 Å². The fourth-order valence-corrected chi connectivity index (χ4v) is 6.25. The van der Waals surface area contributed by atoms with Crippen LogP contribution in [0.4, 0.5) is 0 Å². The Labute approximate surface area is 195 Å². The predicted molar refractivity (Wildman–Crippen MR) is 125 cm³/mol. The van der Waals surface area contributed by atoms with Crippen LogP contribution in [0.25, 0.3) is 11.0 Å². The third-order valence-corrected chi connectivity index (χ3v) is 7.41. The number of rotatable bonds is 5. The van der Waals surface area contributed by atoms with E-state index >= 15 is 0 Å². The third kappa shape index (κ3) is 4.77. The average molecular weight is 457 g/mol. The lowest BCUT2D eigenvalue weighted by Gasteiger charge is -2.56. The summed E-state index contributed by atoms with van der Waals surface area (Å²) in [6.45, 7) is 8.11. The van der Waals surface area contributed by atoms with Gasteiger partial charge in [0.15, 0.2) is 0 Å². The minimum absolute atomic E-state index is 0.0173. The molecule has 4 heterocycles. The molecule has 2 aromatic rings. The fourth-order valence-electron chi connectivity index (χ4n) is 6.25. The van der Waals surface area contributed by atoms with E-state index in [9.17, 15) is 9.90 Å². The molecule has 3 aliphatic heterocycles. The molecule has 180 valence electrons. The Bertz CT molecular complexity index is 960. The number of aromatic nitrogens is 2. The predicted octanol–water partition coefficient (Wildman–Crippen LogP) is 2.59. The summed E-state index contributed by atoms with van der Waals surface area (Å²) in [5, 5.41) is 17.0. The van der Waals surface area contributed by atoms with Crippen LogP contribution in [-0.4, -0.2) is 73.7 Å². The maximum Gasteiger partial charge on any atom is 0.290 e. The van der Waals surface area contributed by atoms with Gasteiger partial charge in [-0.05, 0) is 49.1 Å². The Kier molecular flexibility index (Phi) is 7.34. The van der Waals surface area contributed by atoms with Gasteiger partial charge in [0, 0.05) is 32.1 Å². The van der Waals surface area contributed by atoms with Crippen LogP contribution in [0.5, 0.6) is 0 Å².